The second-order valence-corrected chi connectivity index (χ2v) is 8.15. The lowest BCUT2D eigenvalue weighted by atomic mass is 9.84. The predicted molar refractivity (Wildman–Crippen MR) is 92.4 cm³/mol. The molecule has 0 fully saturated rings. The van der Waals surface area contributed by atoms with E-state index in [-0.39, 0.29) is 23.7 Å². The van der Waals surface area contributed by atoms with Gasteiger partial charge < -0.3 is 14.5 Å². The number of anilines is 1. The van der Waals surface area contributed by atoms with E-state index in [1.165, 1.54) is 0 Å². The van der Waals surface area contributed by atoms with Crippen LogP contribution < -0.4 is 9.46 Å². The summed E-state index contributed by atoms with van der Waals surface area (Å²) in [6.07, 6.45) is -3.77. The zero-order valence-corrected chi connectivity index (χ0v) is 15.6. The molecule has 0 bridgehead atoms. The Hall–Kier alpha value is -2.41. The number of benzene rings is 1. The highest BCUT2D eigenvalue weighted by Crippen LogP contribution is 2.38. The number of H-pyrrole nitrogens is 1. The number of halogens is 6. The van der Waals surface area contributed by atoms with Crippen LogP contribution in [0.2, 0.25) is 0 Å². The Kier molecular flexibility index (Phi) is 4.91. The largest absolute Gasteiger partial charge is 0.432 e. The first-order valence-corrected chi connectivity index (χ1v) is 9.76. The molecular formula is C17H16F6N2O4S. The quantitative estimate of drug-likeness (QED) is 0.615. The first kappa shape index (κ1) is 18.4. The third-order valence-electron chi connectivity index (χ3n) is 4.69. The number of hydrogen-bond donors (Lipinski definition) is 2. The Balaban J connectivity index is 1.90. The second kappa shape index (κ2) is 8.02. The molecular weight excluding hydrogens is 442 g/mol. The summed E-state index contributed by atoms with van der Waals surface area (Å²) < 4.78 is 137. The van der Waals surface area contributed by atoms with E-state index in [1.807, 2.05) is 0 Å². The van der Waals surface area contributed by atoms with Gasteiger partial charge in [-0.1, -0.05) is 0 Å². The molecule has 2 aromatic rings. The van der Waals surface area contributed by atoms with Gasteiger partial charge in [-0.15, -0.1) is 0 Å². The minimum Gasteiger partial charge on any atom is -0.432 e. The number of ether oxygens (including phenoxy) is 2. The Morgan fingerprint density at radius 3 is 2.60 bits per heavy atom. The van der Waals surface area contributed by atoms with Crippen LogP contribution in [0.3, 0.4) is 0 Å². The highest BCUT2D eigenvalue weighted by atomic mass is 32.2. The Morgan fingerprint density at radius 1 is 1.23 bits per heavy atom. The molecule has 0 aliphatic heterocycles. The van der Waals surface area contributed by atoms with Crippen molar-refractivity contribution in [1.82, 2.24) is 4.98 Å². The molecule has 2 N–H and O–H groups in total. The molecule has 0 saturated carbocycles. The van der Waals surface area contributed by atoms with E-state index in [9.17, 15) is 34.8 Å². The number of aromatic nitrogens is 1. The Labute approximate surface area is 171 Å². The van der Waals surface area contributed by atoms with Crippen LogP contribution in [-0.2, 0) is 27.6 Å². The lowest BCUT2D eigenvalue weighted by Gasteiger charge is -2.35. The topological polar surface area (TPSA) is 80.4 Å². The molecule has 166 valence electrons. The number of nitrogens with one attached hydrogen (secondary N) is 2. The highest BCUT2D eigenvalue weighted by molar-refractivity contribution is 7.92. The number of methoxy groups -OCH3 is 1. The van der Waals surface area contributed by atoms with E-state index < -0.39 is 76.5 Å². The fourth-order valence-electron chi connectivity index (χ4n) is 3.18. The van der Waals surface area contributed by atoms with Gasteiger partial charge in [-0.2, -0.15) is 8.78 Å². The smallest absolute Gasteiger partial charge is 0.387 e. The van der Waals surface area contributed by atoms with Crippen molar-refractivity contribution < 1.29 is 48.3 Å². The standard InChI is InChI=1S/C17H16F6N2O4S/c1-28-17(15(20)21)3-2-8-12(6-17)24-7-14(8)30(26,27)25-11-4-10(19)13(5-9(11)18)29-16(22)23/h4-5,7,15-16,24-25H,2-3,6H2,1H3/t17-/m1/s1/i1D3. The SMILES string of the molecule is [2H]C([2H])([2H])O[C@]1(C(F)F)CCc2c(S(=O)(=O)Nc3cc(F)c(OC(F)F)cc3F)c[nH]c2C1. The van der Waals surface area contributed by atoms with Gasteiger partial charge >= 0.3 is 6.61 Å². The van der Waals surface area contributed by atoms with Gasteiger partial charge in [0.1, 0.15) is 10.5 Å². The summed E-state index contributed by atoms with van der Waals surface area (Å²) in [7, 11) is -7.72. The van der Waals surface area contributed by atoms with Crippen molar-refractivity contribution in [2.45, 2.75) is 42.8 Å². The lowest BCUT2D eigenvalue weighted by Crippen LogP contribution is -2.44. The van der Waals surface area contributed by atoms with Crippen molar-refractivity contribution in [3.8, 4) is 5.75 Å². The minimum atomic E-state index is -4.60. The Morgan fingerprint density at radius 2 is 1.97 bits per heavy atom. The molecule has 13 heteroatoms. The number of aromatic amines is 1. The first-order chi connectivity index (χ1) is 15.1. The van der Waals surface area contributed by atoms with Crippen molar-refractivity contribution in [3.05, 3.63) is 41.2 Å². The van der Waals surface area contributed by atoms with Crippen LogP contribution in [0.5, 0.6) is 5.75 Å². The summed E-state index contributed by atoms with van der Waals surface area (Å²) in [6.45, 7) is -3.44. The molecule has 6 nitrogen and oxygen atoms in total. The molecule has 3 rings (SSSR count). The van der Waals surface area contributed by atoms with E-state index in [1.54, 1.807) is 4.72 Å². The van der Waals surface area contributed by atoms with Crippen LogP contribution in [-0.4, -0.2) is 39.1 Å². The molecule has 0 spiro atoms. The fraction of sp³-hybridized carbons (Fsp3) is 0.412. The maximum atomic E-state index is 14.2. The average molecular weight is 461 g/mol. The molecule has 1 aromatic carbocycles. The molecule has 1 aliphatic rings. The van der Waals surface area contributed by atoms with Gasteiger partial charge in [-0.3, -0.25) is 4.72 Å². The minimum absolute atomic E-state index is 0.0292. The number of sulfonamides is 1. The maximum Gasteiger partial charge on any atom is 0.387 e. The van der Waals surface area contributed by atoms with Gasteiger partial charge in [0.2, 0.25) is 0 Å². The van der Waals surface area contributed by atoms with Gasteiger partial charge in [0.15, 0.2) is 17.4 Å². The molecule has 1 atom stereocenters. The van der Waals surface area contributed by atoms with Crippen LogP contribution in [0, 0.1) is 11.6 Å². The lowest BCUT2D eigenvalue weighted by molar-refractivity contribution is -0.128. The van der Waals surface area contributed by atoms with Crippen molar-refractivity contribution >= 4 is 15.7 Å². The molecule has 0 radical (unpaired) electrons. The van der Waals surface area contributed by atoms with Gasteiger partial charge in [0.25, 0.3) is 16.4 Å². The molecule has 1 aliphatic carbocycles. The summed E-state index contributed by atoms with van der Waals surface area (Å²) in [5, 5.41) is 0. The summed E-state index contributed by atoms with van der Waals surface area (Å²) >= 11 is 0. The maximum absolute atomic E-state index is 14.2. The third-order valence-corrected chi connectivity index (χ3v) is 6.12. The summed E-state index contributed by atoms with van der Waals surface area (Å²) in [4.78, 5) is 2.01. The van der Waals surface area contributed by atoms with E-state index in [4.69, 9.17) is 4.11 Å². The van der Waals surface area contributed by atoms with Crippen LogP contribution in [0.25, 0.3) is 0 Å². The summed E-state index contributed by atoms with van der Waals surface area (Å²) in [5.74, 6) is -4.01. The number of alkyl halides is 4. The normalized spacial score (nSPS) is 21.1. The second-order valence-electron chi connectivity index (χ2n) is 6.50. The molecule has 0 unspecified atom stereocenters. The van der Waals surface area contributed by atoms with Gasteiger partial charge in [-0.25, -0.2) is 26.0 Å². The summed E-state index contributed by atoms with van der Waals surface area (Å²) in [5.41, 5.74) is -3.29. The Bertz CT molecular complexity index is 1140. The summed E-state index contributed by atoms with van der Waals surface area (Å²) in [6, 6.07) is 0.533. The van der Waals surface area contributed by atoms with E-state index in [0.717, 1.165) is 6.20 Å². The fourth-order valence-corrected chi connectivity index (χ4v) is 4.50. The van der Waals surface area contributed by atoms with E-state index in [0.29, 0.717) is 6.07 Å². The van der Waals surface area contributed by atoms with Crippen LogP contribution in [0.4, 0.5) is 32.0 Å². The third kappa shape index (κ3) is 4.08. The van der Waals surface area contributed by atoms with E-state index in [2.05, 4.69) is 14.5 Å². The van der Waals surface area contributed by atoms with Crippen LogP contribution in [0.1, 0.15) is 21.8 Å². The molecule has 0 amide bonds. The zero-order chi connectivity index (χ0) is 24.8. The van der Waals surface area contributed by atoms with Crippen molar-refractivity contribution in [2.24, 2.45) is 0 Å². The van der Waals surface area contributed by atoms with Crippen molar-refractivity contribution in [1.29, 1.82) is 0 Å². The van der Waals surface area contributed by atoms with E-state index >= 15 is 0 Å². The molecule has 30 heavy (non-hydrogen) atoms. The number of rotatable bonds is 7. The highest BCUT2D eigenvalue weighted by Gasteiger charge is 2.45. The number of hydrogen-bond acceptors (Lipinski definition) is 4. The molecule has 1 aromatic heterocycles. The molecule has 0 saturated heterocycles. The average Bonchev–Trinajstić information content (AvgIpc) is 3.07. The van der Waals surface area contributed by atoms with Gasteiger partial charge in [0, 0.05) is 37.5 Å². The monoisotopic (exact) mass is 461 g/mol. The van der Waals surface area contributed by atoms with Crippen molar-refractivity contribution in [2.75, 3.05) is 11.8 Å². The predicted octanol–water partition coefficient (Wildman–Crippen LogP) is 3.83. The van der Waals surface area contributed by atoms with Crippen molar-refractivity contribution in [3.63, 3.8) is 0 Å². The zero-order valence-electron chi connectivity index (χ0n) is 17.8. The van der Waals surface area contributed by atoms with Gasteiger partial charge in [-0.05, 0) is 18.4 Å². The van der Waals surface area contributed by atoms with Crippen LogP contribution >= 0.6 is 0 Å². The molecule has 1 heterocycles. The van der Waals surface area contributed by atoms with Gasteiger partial charge in [0.05, 0.1) is 9.80 Å². The first-order valence-electron chi connectivity index (χ1n) is 9.78. The van der Waals surface area contributed by atoms with Crippen LogP contribution in [0.15, 0.2) is 23.2 Å². The number of fused-ring (bicyclic) bond motifs is 1.